The number of hydrogen-bond acceptors (Lipinski definition) is 5. The van der Waals surface area contributed by atoms with E-state index in [1.807, 2.05) is 19.1 Å². The number of esters is 1. The number of ether oxygens (including phenoxy) is 3. The van der Waals surface area contributed by atoms with Crippen LogP contribution in [0.2, 0.25) is 5.02 Å². The number of halogens is 1. The Morgan fingerprint density at radius 2 is 2.14 bits per heavy atom. The smallest absolute Gasteiger partial charge is 0.374 e. The highest BCUT2D eigenvalue weighted by Crippen LogP contribution is 2.31. The van der Waals surface area contributed by atoms with E-state index < -0.39 is 5.97 Å². The highest BCUT2D eigenvalue weighted by Gasteiger charge is 2.21. The molecular formula is C15H15ClO5. The molecule has 6 heteroatoms. The summed E-state index contributed by atoms with van der Waals surface area (Å²) >= 11 is 6.06. The van der Waals surface area contributed by atoms with Crippen molar-refractivity contribution in [2.24, 2.45) is 0 Å². The van der Waals surface area contributed by atoms with Crippen molar-refractivity contribution in [3.8, 4) is 0 Å². The number of benzene rings is 1. The second-order valence-electron chi connectivity index (χ2n) is 4.77. The van der Waals surface area contributed by atoms with Crippen molar-refractivity contribution in [1.82, 2.24) is 0 Å². The van der Waals surface area contributed by atoms with Crippen molar-refractivity contribution in [1.29, 1.82) is 0 Å². The predicted molar refractivity (Wildman–Crippen MR) is 76.6 cm³/mol. The second-order valence-corrected chi connectivity index (χ2v) is 5.18. The minimum atomic E-state index is -0.502. The van der Waals surface area contributed by atoms with Gasteiger partial charge in [-0.05, 0) is 13.0 Å². The molecule has 1 saturated heterocycles. The summed E-state index contributed by atoms with van der Waals surface area (Å²) < 4.78 is 21.3. The Balaban J connectivity index is 1.69. The van der Waals surface area contributed by atoms with Crippen LogP contribution in [0.3, 0.4) is 0 Å². The van der Waals surface area contributed by atoms with Crippen LogP contribution in [0.15, 0.2) is 22.6 Å². The van der Waals surface area contributed by atoms with E-state index in [4.69, 9.17) is 30.2 Å². The Hall–Kier alpha value is -1.56. The van der Waals surface area contributed by atoms with Crippen molar-refractivity contribution < 1.29 is 23.4 Å². The van der Waals surface area contributed by atoms with Crippen molar-refractivity contribution in [2.45, 2.75) is 19.6 Å². The summed E-state index contributed by atoms with van der Waals surface area (Å²) in [5, 5.41) is 1.29. The first kappa shape index (κ1) is 14.4. The Morgan fingerprint density at radius 3 is 2.86 bits per heavy atom. The molecular weight excluding hydrogens is 296 g/mol. The highest BCUT2D eigenvalue weighted by molar-refractivity contribution is 6.35. The predicted octanol–water partition coefficient (Wildman–Crippen LogP) is 3.31. The maximum Gasteiger partial charge on any atom is 0.374 e. The molecule has 0 atom stereocenters. The van der Waals surface area contributed by atoms with Gasteiger partial charge in [-0.25, -0.2) is 4.79 Å². The molecule has 0 unspecified atom stereocenters. The lowest BCUT2D eigenvalue weighted by molar-refractivity contribution is -0.0575. The summed E-state index contributed by atoms with van der Waals surface area (Å²) in [5.74, 6) is -0.316. The molecule has 1 fully saturated rings. The van der Waals surface area contributed by atoms with Crippen molar-refractivity contribution in [2.75, 3.05) is 19.8 Å². The number of fused-ring (bicyclic) bond motifs is 1. The molecule has 0 bridgehead atoms. The molecule has 0 radical (unpaired) electrons. The Bertz CT molecular complexity index is 657. The Kier molecular flexibility index (Phi) is 4.14. The van der Waals surface area contributed by atoms with Crippen molar-refractivity contribution >= 4 is 28.5 Å². The monoisotopic (exact) mass is 310 g/mol. The van der Waals surface area contributed by atoms with Gasteiger partial charge in [0, 0.05) is 17.4 Å². The maximum atomic E-state index is 12.1. The Labute approximate surface area is 126 Å². The number of aryl methyl sites for hydroxylation is 1. The molecule has 1 aliphatic rings. The van der Waals surface area contributed by atoms with Gasteiger partial charge < -0.3 is 18.6 Å². The summed E-state index contributed by atoms with van der Waals surface area (Å²) in [5.41, 5.74) is 1.23. The van der Waals surface area contributed by atoms with E-state index in [-0.39, 0.29) is 18.7 Å². The van der Waals surface area contributed by atoms with E-state index in [0.717, 1.165) is 10.9 Å². The molecule has 2 aromatic rings. The number of hydrogen-bond donors (Lipinski definition) is 0. The number of furan rings is 1. The van der Waals surface area contributed by atoms with E-state index in [2.05, 4.69) is 0 Å². The summed E-state index contributed by atoms with van der Waals surface area (Å²) in [6.45, 7) is 3.19. The second kappa shape index (κ2) is 6.05. The van der Waals surface area contributed by atoms with E-state index in [1.165, 1.54) is 0 Å². The Morgan fingerprint density at radius 1 is 1.38 bits per heavy atom. The van der Waals surface area contributed by atoms with Gasteiger partial charge in [-0.15, -0.1) is 0 Å². The number of para-hydroxylation sites is 1. The first-order valence-corrected chi connectivity index (χ1v) is 7.12. The fourth-order valence-electron chi connectivity index (χ4n) is 2.29. The quantitative estimate of drug-likeness (QED) is 0.811. The zero-order chi connectivity index (χ0) is 14.8. The van der Waals surface area contributed by atoms with Crippen LogP contribution in [0.1, 0.15) is 22.5 Å². The van der Waals surface area contributed by atoms with E-state index >= 15 is 0 Å². The van der Waals surface area contributed by atoms with Crippen LogP contribution in [0.4, 0.5) is 0 Å². The normalized spacial score (nSPS) is 15.7. The molecule has 2 heterocycles. The first-order chi connectivity index (χ1) is 10.2. The molecule has 0 aliphatic carbocycles. The average Bonchev–Trinajstić information content (AvgIpc) is 3.08. The van der Waals surface area contributed by atoms with Crippen molar-refractivity contribution in [3.05, 3.63) is 34.5 Å². The molecule has 0 saturated carbocycles. The topological polar surface area (TPSA) is 57.9 Å². The van der Waals surface area contributed by atoms with Crippen LogP contribution in [-0.4, -0.2) is 32.1 Å². The average molecular weight is 311 g/mol. The zero-order valence-corrected chi connectivity index (χ0v) is 12.3. The fourth-order valence-corrected chi connectivity index (χ4v) is 2.50. The molecule has 0 spiro atoms. The van der Waals surface area contributed by atoms with E-state index in [9.17, 15) is 4.79 Å². The molecule has 1 aliphatic heterocycles. The molecule has 1 aromatic carbocycles. The number of rotatable bonds is 4. The summed E-state index contributed by atoms with van der Waals surface area (Å²) in [7, 11) is 0. The molecule has 0 amide bonds. The van der Waals surface area contributed by atoms with Gasteiger partial charge in [-0.3, -0.25) is 0 Å². The van der Waals surface area contributed by atoms with Gasteiger partial charge in [-0.1, -0.05) is 23.7 Å². The standard InChI is InChI=1S/C15H15ClO5/c1-9-10-3-2-4-11(16)14(10)21-13(9)15(17)20-6-5-12-18-7-8-19-12/h2-4,12H,5-8H2,1H3. The van der Waals surface area contributed by atoms with Crippen LogP contribution in [0.5, 0.6) is 0 Å². The number of carbonyl (C=O) groups is 1. The minimum absolute atomic E-state index is 0.186. The van der Waals surface area contributed by atoms with Crippen LogP contribution in [0, 0.1) is 6.92 Å². The lowest BCUT2D eigenvalue weighted by atomic mass is 10.1. The van der Waals surface area contributed by atoms with Gasteiger partial charge in [0.15, 0.2) is 11.9 Å². The molecule has 3 rings (SSSR count). The third-order valence-electron chi connectivity index (χ3n) is 3.38. The summed E-state index contributed by atoms with van der Waals surface area (Å²) in [4.78, 5) is 12.1. The molecule has 0 N–H and O–H groups in total. The maximum absolute atomic E-state index is 12.1. The van der Waals surface area contributed by atoms with Crippen molar-refractivity contribution in [3.63, 3.8) is 0 Å². The molecule has 21 heavy (non-hydrogen) atoms. The van der Waals surface area contributed by atoms with Gasteiger partial charge in [0.1, 0.15) is 0 Å². The van der Waals surface area contributed by atoms with Gasteiger partial charge in [0.05, 0.1) is 24.8 Å². The third-order valence-corrected chi connectivity index (χ3v) is 3.68. The molecule has 1 aromatic heterocycles. The fraction of sp³-hybridized carbons (Fsp3) is 0.400. The van der Waals surface area contributed by atoms with Crippen LogP contribution in [0.25, 0.3) is 11.0 Å². The zero-order valence-electron chi connectivity index (χ0n) is 11.6. The molecule has 112 valence electrons. The lowest BCUT2D eigenvalue weighted by Crippen LogP contribution is -2.14. The largest absolute Gasteiger partial charge is 0.460 e. The van der Waals surface area contributed by atoms with Gasteiger partial charge >= 0.3 is 5.97 Å². The third kappa shape index (κ3) is 2.90. The van der Waals surface area contributed by atoms with Crippen LogP contribution in [-0.2, 0) is 14.2 Å². The number of carbonyl (C=O) groups excluding carboxylic acids is 1. The summed E-state index contributed by atoms with van der Waals surface area (Å²) in [6.07, 6.45) is 0.218. The van der Waals surface area contributed by atoms with E-state index in [1.54, 1.807) is 6.07 Å². The van der Waals surface area contributed by atoms with Gasteiger partial charge in [0.2, 0.25) is 5.76 Å². The minimum Gasteiger partial charge on any atom is -0.460 e. The summed E-state index contributed by atoms with van der Waals surface area (Å²) in [6, 6.07) is 5.39. The molecule has 5 nitrogen and oxygen atoms in total. The SMILES string of the molecule is Cc1c(C(=O)OCCC2OCCO2)oc2c(Cl)cccc12. The first-order valence-electron chi connectivity index (χ1n) is 6.75. The van der Waals surface area contributed by atoms with E-state index in [0.29, 0.717) is 30.2 Å². The van der Waals surface area contributed by atoms with Gasteiger partial charge in [0.25, 0.3) is 0 Å². The van der Waals surface area contributed by atoms with Crippen LogP contribution >= 0.6 is 11.6 Å². The van der Waals surface area contributed by atoms with Gasteiger partial charge in [-0.2, -0.15) is 0 Å². The highest BCUT2D eigenvalue weighted by atomic mass is 35.5. The van der Waals surface area contributed by atoms with Crippen LogP contribution < -0.4 is 0 Å². The lowest BCUT2D eigenvalue weighted by Gasteiger charge is -2.08.